The molecule has 0 bridgehead atoms. The Morgan fingerprint density at radius 3 is 2.91 bits per heavy atom. The lowest BCUT2D eigenvalue weighted by molar-refractivity contribution is -0.134. The van der Waals surface area contributed by atoms with Gasteiger partial charge in [0.05, 0.1) is 13.0 Å². The summed E-state index contributed by atoms with van der Waals surface area (Å²) in [6, 6.07) is 2.56. The number of carbonyl (C=O) groups excluding carboxylic acids is 1. The summed E-state index contributed by atoms with van der Waals surface area (Å²) in [5, 5.41) is 7.68. The standard InChI is InChI=1S/C17H26N2O2S.ClH/c1-2-21-9-3-16(20)19(12-14-4-10-22-13-14)15-11-17(15)5-7-18-8-6-17;/h4,10,13,15,18H,2-3,5-9,11-12H2,1H3;1H. The molecule has 1 saturated heterocycles. The highest BCUT2D eigenvalue weighted by molar-refractivity contribution is 7.07. The van der Waals surface area contributed by atoms with E-state index in [0.717, 1.165) is 19.6 Å². The van der Waals surface area contributed by atoms with E-state index >= 15 is 0 Å². The molecule has 1 atom stereocenters. The van der Waals surface area contributed by atoms with E-state index in [-0.39, 0.29) is 18.3 Å². The number of nitrogens with one attached hydrogen (secondary N) is 1. The van der Waals surface area contributed by atoms with E-state index in [2.05, 4.69) is 27.0 Å². The number of rotatable bonds is 7. The maximum absolute atomic E-state index is 12.7. The maximum atomic E-state index is 12.7. The monoisotopic (exact) mass is 358 g/mol. The van der Waals surface area contributed by atoms with Crippen LogP contribution >= 0.6 is 23.7 Å². The zero-order chi connectivity index (χ0) is 15.4. The second-order valence-electron chi connectivity index (χ2n) is 6.43. The van der Waals surface area contributed by atoms with Crippen LogP contribution in [0.5, 0.6) is 0 Å². The van der Waals surface area contributed by atoms with Crippen LogP contribution in [0.3, 0.4) is 0 Å². The average Bonchev–Trinajstić information content (AvgIpc) is 2.98. The molecule has 1 amide bonds. The Morgan fingerprint density at radius 2 is 2.26 bits per heavy atom. The highest BCUT2D eigenvalue weighted by Gasteiger charge is 2.57. The molecule has 1 aliphatic carbocycles. The van der Waals surface area contributed by atoms with Crippen molar-refractivity contribution in [1.29, 1.82) is 0 Å². The predicted octanol–water partition coefficient (Wildman–Crippen LogP) is 3.07. The van der Waals surface area contributed by atoms with Crippen LogP contribution in [0.4, 0.5) is 0 Å². The highest BCUT2D eigenvalue weighted by atomic mass is 35.5. The second-order valence-corrected chi connectivity index (χ2v) is 7.21. The molecule has 1 unspecified atom stereocenters. The van der Waals surface area contributed by atoms with E-state index in [9.17, 15) is 4.79 Å². The molecule has 4 nitrogen and oxygen atoms in total. The zero-order valence-corrected chi connectivity index (χ0v) is 15.4. The number of piperidine rings is 1. The number of amides is 1. The second kappa shape index (κ2) is 8.47. The van der Waals surface area contributed by atoms with Crippen LogP contribution in [0.25, 0.3) is 0 Å². The molecule has 6 heteroatoms. The van der Waals surface area contributed by atoms with Gasteiger partial charge < -0.3 is 15.0 Å². The zero-order valence-electron chi connectivity index (χ0n) is 13.8. The minimum atomic E-state index is 0. The normalized spacial score (nSPS) is 21.7. The molecule has 1 aliphatic heterocycles. The van der Waals surface area contributed by atoms with Gasteiger partial charge in [-0.1, -0.05) is 0 Å². The fraction of sp³-hybridized carbons (Fsp3) is 0.706. The number of nitrogens with zero attached hydrogens (tertiary/aromatic N) is 1. The van der Waals surface area contributed by atoms with Crippen molar-refractivity contribution < 1.29 is 9.53 Å². The Balaban J connectivity index is 0.00000192. The molecule has 2 aliphatic rings. The Morgan fingerprint density at radius 1 is 1.48 bits per heavy atom. The number of carbonyl (C=O) groups is 1. The molecule has 1 aromatic heterocycles. The van der Waals surface area contributed by atoms with Gasteiger partial charge in [-0.25, -0.2) is 0 Å². The van der Waals surface area contributed by atoms with Crippen LogP contribution in [0, 0.1) is 5.41 Å². The molecule has 1 spiro atoms. The van der Waals surface area contributed by atoms with Gasteiger partial charge in [0.15, 0.2) is 0 Å². The molecular weight excluding hydrogens is 332 g/mol. The summed E-state index contributed by atoms with van der Waals surface area (Å²) in [6.07, 6.45) is 4.09. The fourth-order valence-corrected chi connectivity index (χ4v) is 4.29. The summed E-state index contributed by atoms with van der Waals surface area (Å²) in [5.74, 6) is 0.250. The largest absolute Gasteiger partial charge is 0.381 e. The molecule has 2 heterocycles. The lowest BCUT2D eigenvalue weighted by atomic mass is 9.93. The van der Waals surface area contributed by atoms with Gasteiger partial charge in [-0.2, -0.15) is 11.3 Å². The van der Waals surface area contributed by atoms with Crippen molar-refractivity contribution in [2.75, 3.05) is 26.3 Å². The van der Waals surface area contributed by atoms with Crippen LogP contribution in [0.1, 0.15) is 38.2 Å². The first kappa shape index (κ1) is 18.7. The topological polar surface area (TPSA) is 41.6 Å². The van der Waals surface area contributed by atoms with Crippen molar-refractivity contribution in [3.63, 3.8) is 0 Å². The van der Waals surface area contributed by atoms with E-state index in [1.165, 1.54) is 24.8 Å². The average molecular weight is 359 g/mol. The summed E-state index contributed by atoms with van der Waals surface area (Å²) < 4.78 is 5.37. The third-order valence-electron chi connectivity index (χ3n) is 5.04. The third kappa shape index (κ3) is 4.47. The van der Waals surface area contributed by atoms with Gasteiger partial charge in [0.1, 0.15) is 0 Å². The molecular formula is C17H27ClN2O2S. The SMILES string of the molecule is CCOCCC(=O)N(Cc1ccsc1)C1CC12CCNCC2.Cl. The van der Waals surface area contributed by atoms with Crippen molar-refractivity contribution in [2.45, 2.75) is 45.2 Å². The highest BCUT2D eigenvalue weighted by Crippen LogP contribution is 2.56. The summed E-state index contributed by atoms with van der Waals surface area (Å²) in [7, 11) is 0. The van der Waals surface area contributed by atoms with Crippen LogP contribution < -0.4 is 5.32 Å². The number of hydrogen-bond donors (Lipinski definition) is 1. The molecule has 0 aromatic carbocycles. The number of ether oxygens (including phenoxy) is 1. The summed E-state index contributed by atoms with van der Waals surface area (Å²) >= 11 is 1.70. The molecule has 23 heavy (non-hydrogen) atoms. The Bertz CT molecular complexity index is 489. The summed E-state index contributed by atoms with van der Waals surface area (Å²) in [4.78, 5) is 14.8. The van der Waals surface area contributed by atoms with Gasteiger partial charge in [0, 0.05) is 19.2 Å². The molecule has 1 aromatic rings. The van der Waals surface area contributed by atoms with Crippen molar-refractivity contribution in [3.05, 3.63) is 22.4 Å². The molecule has 0 radical (unpaired) electrons. The van der Waals surface area contributed by atoms with Crippen LogP contribution in [0.15, 0.2) is 16.8 Å². The van der Waals surface area contributed by atoms with Crippen molar-refractivity contribution >= 4 is 29.7 Å². The number of hydrogen-bond acceptors (Lipinski definition) is 4. The molecule has 130 valence electrons. The van der Waals surface area contributed by atoms with Crippen LogP contribution in [-0.2, 0) is 16.1 Å². The minimum absolute atomic E-state index is 0. The summed E-state index contributed by atoms with van der Waals surface area (Å²) in [5.41, 5.74) is 1.65. The first-order chi connectivity index (χ1) is 10.7. The van der Waals surface area contributed by atoms with Gasteiger partial charge in [0.2, 0.25) is 5.91 Å². The predicted molar refractivity (Wildman–Crippen MR) is 96.2 cm³/mol. The molecule has 3 rings (SSSR count). The van der Waals surface area contributed by atoms with Crippen molar-refractivity contribution in [1.82, 2.24) is 10.2 Å². The minimum Gasteiger partial charge on any atom is -0.381 e. The van der Waals surface area contributed by atoms with E-state index < -0.39 is 0 Å². The van der Waals surface area contributed by atoms with E-state index in [1.807, 2.05) is 6.92 Å². The molecule has 1 N–H and O–H groups in total. The van der Waals surface area contributed by atoms with Gasteiger partial charge in [0.25, 0.3) is 0 Å². The number of halogens is 1. The van der Waals surface area contributed by atoms with Gasteiger partial charge in [-0.3, -0.25) is 4.79 Å². The van der Waals surface area contributed by atoms with E-state index in [1.54, 1.807) is 11.3 Å². The smallest absolute Gasteiger partial charge is 0.225 e. The Kier molecular flexibility index (Phi) is 6.89. The fourth-order valence-electron chi connectivity index (χ4n) is 3.63. The first-order valence-electron chi connectivity index (χ1n) is 8.34. The van der Waals surface area contributed by atoms with Crippen molar-refractivity contribution in [2.24, 2.45) is 5.41 Å². The van der Waals surface area contributed by atoms with Gasteiger partial charge in [-0.05, 0) is 67.1 Å². The van der Waals surface area contributed by atoms with E-state index in [0.29, 0.717) is 31.1 Å². The Hall–Kier alpha value is -0.620. The van der Waals surface area contributed by atoms with Crippen molar-refractivity contribution in [3.8, 4) is 0 Å². The van der Waals surface area contributed by atoms with Gasteiger partial charge in [-0.15, -0.1) is 12.4 Å². The Labute approximate surface area is 149 Å². The quantitative estimate of drug-likeness (QED) is 0.761. The van der Waals surface area contributed by atoms with Gasteiger partial charge >= 0.3 is 0 Å². The third-order valence-corrected chi connectivity index (χ3v) is 5.77. The summed E-state index contributed by atoms with van der Waals surface area (Å²) in [6.45, 7) is 6.13. The maximum Gasteiger partial charge on any atom is 0.225 e. The molecule has 2 fully saturated rings. The van der Waals surface area contributed by atoms with Crippen LogP contribution in [0.2, 0.25) is 0 Å². The number of thiophene rings is 1. The lowest BCUT2D eigenvalue weighted by Crippen LogP contribution is -2.39. The van der Waals surface area contributed by atoms with E-state index in [4.69, 9.17) is 4.74 Å². The van der Waals surface area contributed by atoms with Crippen LogP contribution in [-0.4, -0.2) is 43.2 Å². The lowest BCUT2D eigenvalue weighted by Gasteiger charge is -2.29. The first-order valence-corrected chi connectivity index (χ1v) is 9.28. The molecule has 1 saturated carbocycles.